The number of amides is 1. The number of phenolic OH excluding ortho intramolecular Hbond substituents is 1. The summed E-state index contributed by atoms with van der Waals surface area (Å²) in [5.41, 5.74) is 8.76. The van der Waals surface area contributed by atoms with Crippen LogP contribution in [0.2, 0.25) is 0 Å². The van der Waals surface area contributed by atoms with Crippen molar-refractivity contribution in [3.05, 3.63) is 48.0 Å². The second kappa shape index (κ2) is 8.58. The first-order chi connectivity index (χ1) is 13.1. The summed E-state index contributed by atoms with van der Waals surface area (Å²) in [5, 5.41) is 10.4. The van der Waals surface area contributed by atoms with Gasteiger partial charge in [-0.1, -0.05) is 6.07 Å². The van der Waals surface area contributed by atoms with Crippen molar-refractivity contribution in [3.63, 3.8) is 0 Å². The molecule has 1 aliphatic heterocycles. The summed E-state index contributed by atoms with van der Waals surface area (Å²) in [7, 11) is 1.60. The highest BCUT2D eigenvalue weighted by Crippen LogP contribution is 2.33. The zero-order valence-electron chi connectivity index (χ0n) is 14.8. The SMILES string of the molecule is COc1cccc(OC2CNNC2c2ccc(OCC(=O)NN)cc2O)c1. The second-order valence-corrected chi connectivity index (χ2v) is 5.92. The molecule has 1 heterocycles. The number of methoxy groups -OCH3 is 1. The molecule has 0 spiro atoms. The molecule has 9 nitrogen and oxygen atoms in total. The molecule has 27 heavy (non-hydrogen) atoms. The predicted octanol–water partition coefficient (Wildman–Crippen LogP) is 0.366. The number of phenols is 1. The van der Waals surface area contributed by atoms with Crippen LogP contribution < -0.4 is 36.3 Å². The molecular formula is C18H22N4O5. The van der Waals surface area contributed by atoms with Gasteiger partial charge in [-0.25, -0.2) is 11.3 Å². The topological polar surface area (TPSA) is 127 Å². The van der Waals surface area contributed by atoms with Gasteiger partial charge in [-0.2, -0.15) is 0 Å². The van der Waals surface area contributed by atoms with Gasteiger partial charge in [0.25, 0.3) is 5.91 Å². The van der Waals surface area contributed by atoms with E-state index in [0.29, 0.717) is 29.4 Å². The molecule has 0 saturated carbocycles. The molecule has 1 saturated heterocycles. The van der Waals surface area contributed by atoms with Crippen LogP contribution in [0.5, 0.6) is 23.0 Å². The Morgan fingerprint density at radius 3 is 2.81 bits per heavy atom. The van der Waals surface area contributed by atoms with Crippen LogP contribution in [0.3, 0.4) is 0 Å². The molecule has 0 aliphatic carbocycles. The molecule has 2 unspecified atom stereocenters. The van der Waals surface area contributed by atoms with Gasteiger partial charge in [0, 0.05) is 24.2 Å². The van der Waals surface area contributed by atoms with E-state index >= 15 is 0 Å². The summed E-state index contributed by atoms with van der Waals surface area (Å²) >= 11 is 0. The van der Waals surface area contributed by atoms with Gasteiger partial charge in [0.2, 0.25) is 0 Å². The number of hydrogen-bond donors (Lipinski definition) is 5. The van der Waals surface area contributed by atoms with Crippen molar-refractivity contribution in [2.24, 2.45) is 5.84 Å². The molecule has 9 heteroatoms. The van der Waals surface area contributed by atoms with E-state index in [-0.39, 0.29) is 24.5 Å². The Balaban J connectivity index is 1.71. The molecule has 1 amide bonds. The lowest BCUT2D eigenvalue weighted by Crippen LogP contribution is -2.34. The molecule has 0 bridgehead atoms. The number of carbonyl (C=O) groups excluding carboxylic acids is 1. The van der Waals surface area contributed by atoms with Crippen molar-refractivity contribution >= 4 is 5.91 Å². The minimum atomic E-state index is -0.466. The van der Waals surface area contributed by atoms with Gasteiger partial charge >= 0.3 is 0 Å². The van der Waals surface area contributed by atoms with Gasteiger partial charge in [0.15, 0.2) is 6.61 Å². The van der Waals surface area contributed by atoms with Gasteiger partial charge in [-0.3, -0.25) is 15.6 Å². The number of ether oxygens (including phenoxy) is 3. The monoisotopic (exact) mass is 374 g/mol. The third-order valence-corrected chi connectivity index (χ3v) is 4.13. The standard InChI is InChI=1S/C18H22N4O5/c1-25-11-3-2-4-13(7-11)27-16-9-20-22-18(16)14-6-5-12(8-15(14)23)26-10-17(24)21-19/h2-8,16,18,20,22-23H,9-10,19H2,1H3,(H,21,24). The number of nitrogens with two attached hydrogens (primary N) is 1. The summed E-state index contributed by atoms with van der Waals surface area (Å²) in [6.45, 7) is 0.316. The van der Waals surface area contributed by atoms with Gasteiger partial charge in [-0.05, 0) is 24.3 Å². The van der Waals surface area contributed by atoms with Crippen LogP contribution in [0.1, 0.15) is 11.6 Å². The quantitative estimate of drug-likeness (QED) is 0.267. The fourth-order valence-corrected chi connectivity index (χ4v) is 2.78. The maximum atomic E-state index is 11.1. The number of carbonyl (C=O) groups is 1. The Bertz CT molecular complexity index is 801. The predicted molar refractivity (Wildman–Crippen MR) is 97.2 cm³/mol. The van der Waals surface area contributed by atoms with E-state index in [1.54, 1.807) is 25.3 Å². The Morgan fingerprint density at radius 1 is 1.26 bits per heavy atom. The first-order valence-corrected chi connectivity index (χ1v) is 8.35. The zero-order chi connectivity index (χ0) is 19.2. The van der Waals surface area contributed by atoms with E-state index in [1.165, 1.54) is 6.07 Å². The summed E-state index contributed by atoms with van der Waals surface area (Å²) < 4.78 is 16.5. The van der Waals surface area contributed by atoms with Crippen molar-refractivity contribution in [1.29, 1.82) is 0 Å². The Kier molecular flexibility index (Phi) is 5.97. The Morgan fingerprint density at radius 2 is 2.07 bits per heavy atom. The lowest BCUT2D eigenvalue weighted by atomic mass is 10.0. The van der Waals surface area contributed by atoms with Crippen LogP contribution in [0.25, 0.3) is 0 Å². The molecule has 0 aromatic heterocycles. The average Bonchev–Trinajstić information content (AvgIpc) is 3.14. The van der Waals surface area contributed by atoms with E-state index in [4.69, 9.17) is 20.1 Å². The number of hydrazine groups is 2. The lowest BCUT2D eigenvalue weighted by Gasteiger charge is -2.21. The Labute approximate surface area is 156 Å². The molecule has 2 atom stereocenters. The van der Waals surface area contributed by atoms with Gasteiger partial charge in [-0.15, -0.1) is 0 Å². The minimum Gasteiger partial charge on any atom is -0.507 e. The Hall–Kier alpha value is -3.01. The molecule has 1 fully saturated rings. The molecule has 1 aliphatic rings. The molecule has 0 radical (unpaired) electrons. The van der Waals surface area contributed by atoms with Crippen molar-refractivity contribution < 1.29 is 24.1 Å². The molecular weight excluding hydrogens is 352 g/mol. The number of hydrogen-bond acceptors (Lipinski definition) is 8. The van der Waals surface area contributed by atoms with E-state index in [1.807, 2.05) is 23.6 Å². The van der Waals surface area contributed by atoms with Crippen LogP contribution in [0.15, 0.2) is 42.5 Å². The summed E-state index contributed by atoms with van der Waals surface area (Å²) in [5.74, 6) is 6.30. The van der Waals surface area contributed by atoms with E-state index in [0.717, 1.165) is 0 Å². The van der Waals surface area contributed by atoms with Crippen LogP contribution in [-0.4, -0.2) is 37.4 Å². The molecule has 6 N–H and O–H groups in total. The molecule has 2 aromatic rings. The average molecular weight is 374 g/mol. The highest BCUT2D eigenvalue weighted by molar-refractivity contribution is 5.76. The molecule has 3 rings (SSSR count). The van der Waals surface area contributed by atoms with Crippen LogP contribution >= 0.6 is 0 Å². The highest BCUT2D eigenvalue weighted by atomic mass is 16.5. The highest BCUT2D eigenvalue weighted by Gasteiger charge is 2.32. The van der Waals surface area contributed by atoms with E-state index in [9.17, 15) is 9.90 Å². The number of rotatable bonds is 7. The second-order valence-electron chi connectivity index (χ2n) is 5.92. The fraction of sp³-hybridized carbons (Fsp3) is 0.278. The minimum absolute atomic E-state index is 0.0288. The zero-order valence-corrected chi connectivity index (χ0v) is 14.8. The van der Waals surface area contributed by atoms with Crippen LogP contribution in [-0.2, 0) is 4.79 Å². The first-order valence-electron chi connectivity index (χ1n) is 8.35. The number of aromatic hydroxyl groups is 1. The van der Waals surface area contributed by atoms with Crippen molar-refractivity contribution in [2.75, 3.05) is 20.3 Å². The van der Waals surface area contributed by atoms with Crippen molar-refractivity contribution in [2.45, 2.75) is 12.1 Å². The van der Waals surface area contributed by atoms with Crippen LogP contribution in [0.4, 0.5) is 0 Å². The van der Waals surface area contributed by atoms with E-state index in [2.05, 4.69) is 10.9 Å². The van der Waals surface area contributed by atoms with E-state index < -0.39 is 5.91 Å². The van der Waals surface area contributed by atoms with Crippen molar-refractivity contribution in [1.82, 2.24) is 16.3 Å². The van der Waals surface area contributed by atoms with Gasteiger partial charge in [0.1, 0.15) is 29.1 Å². The van der Waals surface area contributed by atoms with Gasteiger partial charge in [0.05, 0.1) is 13.2 Å². The largest absolute Gasteiger partial charge is 0.507 e. The summed E-state index contributed by atoms with van der Waals surface area (Å²) in [6, 6.07) is 11.9. The van der Waals surface area contributed by atoms with Crippen molar-refractivity contribution in [3.8, 4) is 23.0 Å². The summed E-state index contributed by atoms with van der Waals surface area (Å²) in [4.78, 5) is 11.1. The summed E-state index contributed by atoms with van der Waals surface area (Å²) in [6.07, 6.45) is -0.252. The van der Waals surface area contributed by atoms with Crippen LogP contribution in [0, 0.1) is 0 Å². The number of benzene rings is 2. The number of nitrogens with one attached hydrogen (secondary N) is 3. The molecule has 144 valence electrons. The third kappa shape index (κ3) is 4.59. The van der Waals surface area contributed by atoms with Gasteiger partial charge < -0.3 is 19.3 Å². The smallest absolute Gasteiger partial charge is 0.271 e. The maximum absolute atomic E-state index is 11.1. The fourth-order valence-electron chi connectivity index (χ4n) is 2.78. The maximum Gasteiger partial charge on any atom is 0.271 e. The first kappa shape index (κ1) is 18.8. The third-order valence-electron chi connectivity index (χ3n) is 4.13. The molecule has 2 aromatic carbocycles. The normalized spacial score (nSPS) is 18.7. The lowest BCUT2D eigenvalue weighted by molar-refractivity contribution is -0.123.